The molecule has 1 aliphatic rings. The maximum atomic E-state index is 5.88. The zero-order chi connectivity index (χ0) is 9.10. The third kappa shape index (κ3) is 2.14. The van der Waals surface area contributed by atoms with Gasteiger partial charge in [0.05, 0.1) is 13.2 Å². The molecule has 0 N–H and O–H groups in total. The molecule has 69 valence electrons. The Balaban J connectivity index is 2.08. The highest BCUT2D eigenvalue weighted by Crippen LogP contribution is 2.17. The minimum Gasteiger partial charge on any atom is -0.365 e. The van der Waals surface area contributed by atoms with Crippen molar-refractivity contribution in [3.8, 4) is 0 Å². The summed E-state index contributed by atoms with van der Waals surface area (Å²) in [7, 11) is 0. The molecule has 1 unspecified atom stereocenters. The van der Waals surface area contributed by atoms with E-state index in [-0.39, 0.29) is 5.56 Å². The lowest BCUT2D eigenvalue weighted by molar-refractivity contribution is 0.0934. The van der Waals surface area contributed by atoms with Gasteiger partial charge in [-0.15, -0.1) is 0 Å². The highest BCUT2D eigenvalue weighted by Gasteiger charge is 2.17. The van der Waals surface area contributed by atoms with Gasteiger partial charge in [-0.25, -0.2) is 0 Å². The van der Waals surface area contributed by atoms with Gasteiger partial charge in [0.1, 0.15) is 5.56 Å². The molecule has 1 radical (unpaired) electrons. The molecule has 1 fully saturated rings. The average molecular weight is 197 g/mol. The average Bonchev–Trinajstić information content (AvgIpc) is 2.19. The molecule has 3 heteroatoms. The number of hydrogen-bond donors (Lipinski definition) is 0. The van der Waals surface area contributed by atoms with Gasteiger partial charge in [0.2, 0.25) is 0 Å². The third-order valence-corrected chi connectivity index (χ3v) is 2.32. The Hall–Kier alpha value is -0.730. The van der Waals surface area contributed by atoms with Crippen LogP contribution in [0.15, 0.2) is 24.3 Å². The second-order valence-corrected chi connectivity index (χ2v) is 3.46. The van der Waals surface area contributed by atoms with Crippen LogP contribution in [0.1, 0.15) is 0 Å². The van der Waals surface area contributed by atoms with Gasteiger partial charge in [-0.05, 0) is 6.07 Å². The van der Waals surface area contributed by atoms with Gasteiger partial charge >= 0.3 is 0 Å². The molecule has 1 heterocycles. The van der Waals surface area contributed by atoms with Crippen molar-refractivity contribution in [1.29, 1.82) is 0 Å². The predicted octanol–water partition coefficient (Wildman–Crippen LogP) is 1.89. The van der Waals surface area contributed by atoms with E-state index in [1.54, 1.807) is 0 Å². The number of morpholine rings is 1. The first-order valence-electron chi connectivity index (χ1n) is 4.33. The van der Waals surface area contributed by atoms with Crippen molar-refractivity contribution in [3.63, 3.8) is 0 Å². The monoisotopic (exact) mass is 196 g/mol. The molecule has 0 aliphatic carbocycles. The molecule has 0 amide bonds. The molecule has 2 nitrogen and oxygen atoms in total. The Bertz CT molecular complexity index is 265. The van der Waals surface area contributed by atoms with Crippen LogP contribution in [0.5, 0.6) is 0 Å². The molecule has 1 atom stereocenters. The fourth-order valence-electron chi connectivity index (χ4n) is 1.41. The normalized spacial score (nSPS) is 23.2. The van der Waals surface area contributed by atoms with Gasteiger partial charge in [0.25, 0.3) is 0 Å². The third-order valence-electron chi connectivity index (χ3n) is 2.06. The van der Waals surface area contributed by atoms with Gasteiger partial charge in [-0.2, -0.15) is 0 Å². The maximum absolute atomic E-state index is 5.88. The number of halogens is 1. The van der Waals surface area contributed by atoms with E-state index in [4.69, 9.17) is 16.3 Å². The molecule has 1 aliphatic heterocycles. The molecule has 1 saturated heterocycles. The summed E-state index contributed by atoms with van der Waals surface area (Å²) in [5.41, 5.74) is 0.902. The smallest absolute Gasteiger partial charge is 0.148 e. The summed E-state index contributed by atoms with van der Waals surface area (Å²) in [5.74, 6) is 0. The largest absolute Gasteiger partial charge is 0.365 e. The Labute approximate surface area is 83.1 Å². The minimum absolute atomic E-state index is 0.192. The molecule has 1 aromatic carbocycles. The van der Waals surface area contributed by atoms with Crippen molar-refractivity contribution in [1.82, 2.24) is 0 Å². The van der Waals surface area contributed by atoms with E-state index in [1.807, 2.05) is 24.3 Å². The van der Waals surface area contributed by atoms with Gasteiger partial charge in [0, 0.05) is 18.3 Å². The quantitative estimate of drug-likeness (QED) is 0.636. The first-order chi connectivity index (χ1) is 6.36. The molecule has 0 spiro atoms. The second-order valence-electron chi connectivity index (χ2n) is 2.97. The molecular formula is C10H11ClNO. The van der Waals surface area contributed by atoms with Gasteiger partial charge in [-0.1, -0.05) is 29.8 Å². The fraction of sp³-hybridized carbons (Fsp3) is 0.400. The minimum atomic E-state index is -0.192. The van der Waals surface area contributed by atoms with Gasteiger partial charge in [0.15, 0.2) is 0 Å². The summed E-state index contributed by atoms with van der Waals surface area (Å²) in [6.07, 6.45) is 0. The maximum Gasteiger partial charge on any atom is 0.148 e. The van der Waals surface area contributed by atoms with Gasteiger partial charge < -0.3 is 9.64 Å². The van der Waals surface area contributed by atoms with Crippen molar-refractivity contribution >= 4 is 17.3 Å². The van der Waals surface area contributed by atoms with E-state index in [2.05, 4.69) is 11.0 Å². The number of anilines is 1. The fourth-order valence-corrected chi connectivity index (χ4v) is 1.66. The van der Waals surface area contributed by atoms with Crippen LogP contribution >= 0.6 is 11.6 Å². The van der Waals surface area contributed by atoms with Crippen molar-refractivity contribution in [2.45, 2.75) is 5.56 Å². The van der Waals surface area contributed by atoms with Gasteiger partial charge in [-0.3, -0.25) is 0 Å². The summed E-state index contributed by atoms with van der Waals surface area (Å²) >= 11 is 5.88. The standard InChI is InChI=1S/C10H11ClNO/c11-10-8-12(6-7-13-10)9-4-2-1-3-5-9/h1-4,10H,6-8H2. The lowest BCUT2D eigenvalue weighted by atomic mass is 10.3. The van der Waals surface area contributed by atoms with E-state index >= 15 is 0 Å². The van der Waals surface area contributed by atoms with Crippen LogP contribution in [0.3, 0.4) is 0 Å². The molecule has 2 rings (SSSR count). The number of alkyl halides is 1. The van der Waals surface area contributed by atoms with Crippen LogP contribution in [0, 0.1) is 6.07 Å². The van der Waals surface area contributed by atoms with Crippen LogP contribution in [-0.4, -0.2) is 25.3 Å². The summed E-state index contributed by atoms with van der Waals surface area (Å²) in [6, 6.07) is 11.1. The lowest BCUT2D eigenvalue weighted by Gasteiger charge is -2.31. The number of ether oxygens (including phenoxy) is 1. The number of rotatable bonds is 1. The van der Waals surface area contributed by atoms with Crippen molar-refractivity contribution in [2.75, 3.05) is 24.6 Å². The Morgan fingerprint density at radius 1 is 1.54 bits per heavy atom. The van der Waals surface area contributed by atoms with E-state index in [9.17, 15) is 0 Å². The van der Waals surface area contributed by atoms with E-state index in [1.165, 1.54) is 0 Å². The highest BCUT2D eigenvalue weighted by molar-refractivity contribution is 6.20. The first-order valence-corrected chi connectivity index (χ1v) is 4.77. The molecule has 13 heavy (non-hydrogen) atoms. The predicted molar refractivity (Wildman–Crippen MR) is 53.1 cm³/mol. The summed E-state index contributed by atoms with van der Waals surface area (Å²) in [5, 5.41) is 0. The number of benzene rings is 1. The van der Waals surface area contributed by atoms with E-state index < -0.39 is 0 Å². The number of para-hydroxylation sites is 1. The second kappa shape index (κ2) is 3.99. The van der Waals surface area contributed by atoms with Crippen LogP contribution in [0.2, 0.25) is 0 Å². The Kier molecular flexibility index (Phi) is 2.71. The summed E-state index contributed by atoms with van der Waals surface area (Å²) in [4.78, 5) is 2.18. The molecular weight excluding hydrogens is 186 g/mol. The topological polar surface area (TPSA) is 12.5 Å². The Morgan fingerprint density at radius 2 is 2.46 bits per heavy atom. The number of nitrogens with zero attached hydrogens (tertiary/aromatic N) is 1. The van der Waals surface area contributed by atoms with E-state index in [0.717, 1.165) is 18.8 Å². The van der Waals surface area contributed by atoms with E-state index in [0.29, 0.717) is 6.61 Å². The highest BCUT2D eigenvalue weighted by atomic mass is 35.5. The lowest BCUT2D eigenvalue weighted by Crippen LogP contribution is -2.40. The summed E-state index contributed by atoms with van der Waals surface area (Å²) in [6.45, 7) is 2.32. The first kappa shape index (κ1) is 8.85. The zero-order valence-corrected chi connectivity index (χ0v) is 8.00. The summed E-state index contributed by atoms with van der Waals surface area (Å²) < 4.78 is 5.24. The number of hydrogen-bond acceptors (Lipinski definition) is 2. The molecule has 0 bridgehead atoms. The SMILES string of the molecule is ClC1CN(c2[c]cccc2)CCO1. The Morgan fingerprint density at radius 3 is 3.15 bits per heavy atom. The van der Waals surface area contributed by atoms with Crippen LogP contribution < -0.4 is 4.90 Å². The molecule has 0 aromatic heterocycles. The van der Waals surface area contributed by atoms with Crippen molar-refractivity contribution in [3.05, 3.63) is 30.3 Å². The van der Waals surface area contributed by atoms with Crippen LogP contribution in [0.25, 0.3) is 0 Å². The molecule has 0 saturated carbocycles. The van der Waals surface area contributed by atoms with Crippen LogP contribution in [0.4, 0.5) is 5.69 Å². The molecule has 1 aromatic rings. The van der Waals surface area contributed by atoms with Crippen molar-refractivity contribution in [2.24, 2.45) is 0 Å². The zero-order valence-electron chi connectivity index (χ0n) is 7.24. The van der Waals surface area contributed by atoms with Crippen LogP contribution in [-0.2, 0) is 4.74 Å². The van der Waals surface area contributed by atoms with Crippen molar-refractivity contribution < 1.29 is 4.74 Å².